The number of benzene rings is 1. The largest absolute Gasteiger partial charge is 0.494 e. The van der Waals surface area contributed by atoms with Crippen LogP contribution in [0.4, 0.5) is 0 Å². The molecule has 0 aliphatic rings. The molecule has 0 heterocycles. The minimum Gasteiger partial charge on any atom is -0.494 e. The Hall–Kier alpha value is -0.500. The normalized spacial score (nSPS) is 11.0. The molecule has 0 unspecified atom stereocenters. The van der Waals surface area contributed by atoms with Crippen molar-refractivity contribution in [2.45, 2.75) is 115 Å². The van der Waals surface area contributed by atoms with Gasteiger partial charge in [0.25, 0.3) is 0 Å². The lowest BCUT2D eigenvalue weighted by Crippen LogP contribution is -1.97. The Kier molecular flexibility index (Phi) is 17.1. The van der Waals surface area contributed by atoms with Crippen molar-refractivity contribution in [2.75, 3.05) is 6.61 Å². The Bertz CT molecular complexity index is 415. The van der Waals surface area contributed by atoms with Crippen molar-refractivity contribution < 1.29 is 4.74 Å². The molecule has 0 atom stereocenters. The van der Waals surface area contributed by atoms with E-state index >= 15 is 0 Å². The van der Waals surface area contributed by atoms with Gasteiger partial charge in [0.15, 0.2) is 0 Å². The van der Waals surface area contributed by atoms with Crippen LogP contribution < -0.4 is 4.74 Å². The van der Waals surface area contributed by atoms with Crippen molar-refractivity contribution in [1.82, 2.24) is 0 Å². The van der Waals surface area contributed by atoms with Gasteiger partial charge < -0.3 is 4.74 Å². The number of alkyl halides is 1. The van der Waals surface area contributed by atoms with E-state index in [1.54, 1.807) is 0 Å². The zero-order chi connectivity index (χ0) is 19.4. The fourth-order valence-electron chi connectivity index (χ4n) is 3.51. The van der Waals surface area contributed by atoms with Crippen molar-refractivity contribution in [2.24, 2.45) is 0 Å². The first kappa shape index (κ1) is 24.5. The number of hydrogen-bond donors (Lipinski definition) is 0. The molecule has 0 N–H and O–H groups in total. The summed E-state index contributed by atoms with van der Waals surface area (Å²) >= 11 is 3.47. The maximum absolute atomic E-state index is 5.81. The van der Waals surface area contributed by atoms with Crippen LogP contribution in [0.25, 0.3) is 0 Å². The summed E-state index contributed by atoms with van der Waals surface area (Å²) in [5.41, 5.74) is 1.30. The highest BCUT2D eigenvalue weighted by Gasteiger charge is 1.97. The summed E-state index contributed by atoms with van der Waals surface area (Å²) in [6.07, 6.45) is 22.6. The van der Waals surface area contributed by atoms with E-state index in [0.717, 1.165) is 17.7 Å². The first-order valence-corrected chi connectivity index (χ1v) is 12.8. The van der Waals surface area contributed by atoms with Gasteiger partial charge in [0.2, 0.25) is 0 Å². The summed E-state index contributed by atoms with van der Waals surface area (Å²) < 4.78 is 5.81. The second-order valence-electron chi connectivity index (χ2n) is 7.93. The van der Waals surface area contributed by atoms with E-state index in [4.69, 9.17) is 4.74 Å². The zero-order valence-electron chi connectivity index (χ0n) is 17.8. The van der Waals surface area contributed by atoms with Crippen LogP contribution in [0.1, 0.15) is 115 Å². The summed E-state index contributed by atoms with van der Waals surface area (Å²) in [6.45, 7) is 3.15. The molecule has 0 radical (unpaired) electrons. The average Bonchev–Trinajstić information content (AvgIpc) is 2.70. The molecule has 1 aromatic rings. The van der Waals surface area contributed by atoms with Crippen LogP contribution in [0.5, 0.6) is 5.75 Å². The highest BCUT2D eigenvalue weighted by Crippen LogP contribution is 2.16. The second-order valence-corrected chi connectivity index (χ2v) is 8.49. The first-order valence-electron chi connectivity index (χ1n) is 11.6. The van der Waals surface area contributed by atoms with Gasteiger partial charge in [0.1, 0.15) is 5.75 Å². The molecule has 1 nitrogen and oxygen atoms in total. The van der Waals surface area contributed by atoms with Crippen LogP contribution in [0.15, 0.2) is 24.3 Å². The Morgan fingerprint density at radius 3 is 1.41 bits per heavy atom. The van der Waals surface area contributed by atoms with Gasteiger partial charge in [0, 0.05) is 5.33 Å². The molecule has 0 fully saturated rings. The molecular formula is C25H43BrO. The van der Waals surface area contributed by atoms with Gasteiger partial charge in [-0.2, -0.15) is 0 Å². The third-order valence-corrected chi connectivity index (χ3v) is 5.99. The molecule has 156 valence electrons. The Balaban J connectivity index is 1.75. The summed E-state index contributed by atoms with van der Waals surface area (Å²) in [5.74, 6) is 1.00. The molecule has 0 aliphatic carbocycles. The minimum absolute atomic E-state index is 0.853. The molecule has 0 aliphatic heterocycles. The fraction of sp³-hybridized carbons (Fsp3) is 0.760. The third kappa shape index (κ3) is 15.1. The van der Waals surface area contributed by atoms with Gasteiger partial charge in [-0.25, -0.2) is 0 Å². The molecule has 0 spiro atoms. The minimum atomic E-state index is 0.853. The Morgan fingerprint density at radius 1 is 0.593 bits per heavy atom. The number of unbranched alkanes of at least 4 members (excludes halogenated alkanes) is 15. The van der Waals surface area contributed by atoms with Gasteiger partial charge in [-0.15, -0.1) is 0 Å². The predicted molar refractivity (Wildman–Crippen MR) is 124 cm³/mol. The van der Waals surface area contributed by atoms with Crippen molar-refractivity contribution in [1.29, 1.82) is 0 Å². The summed E-state index contributed by atoms with van der Waals surface area (Å²) in [7, 11) is 0. The number of halogens is 1. The molecule has 27 heavy (non-hydrogen) atoms. The quantitative estimate of drug-likeness (QED) is 0.154. The van der Waals surface area contributed by atoms with E-state index in [1.807, 2.05) is 0 Å². The number of ether oxygens (including phenoxy) is 1. The van der Waals surface area contributed by atoms with Crippen molar-refractivity contribution in [3.8, 4) is 5.75 Å². The lowest BCUT2D eigenvalue weighted by atomic mass is 10.0. The van der Waals surface area contributed by atoms with Crippen LogP contribution in [0.3, 0.4) is 0 Å². The lowest BCUT2D eigenvalue weighted by Gasteiger charge is -2.07. The maximum atomic E-state index is 5.81. The SMILES string of the molecule is CCCCCCCCCCCCCCCCCCOc1ccc(CBr)cc1. The molecule has 0 saturated carbocycles. The van der Waals surface area contributed by atoms with Crippen LogP contribution in [0, 0.1) is 0 Å². The van der Waals surface area contributed by atoms with Gasteiger partial charge in [0.05, 0.1) is 6.61 Å². The van der Waals surface area contributed by atoms with Crippen LogP contribution in [-0.4, -0.2) is 6.61 Å². The standard InChI is InChI=1S/C25H43BrO/c1-2-3-4-5-6-7-8-9-10-11-12-13-14-15-16-17-22-27-25-20-18-24(23-26)19-21-25/h18-21H,2-17,22-23H2,1H3. The Morgan fingerprint density at radius 2 is 1.00 bits per heavy atom. The molecule has 0 bridgehead atoms. The van der Waals surface area contributed by atoms with Gasteiger partial charge >= 0.3 is 0 Å². The maximum Gasteiger partial charge on any atom is 0.119 e. The van der Waals surface area contributed by atoms with Crippen LogP contribution in [0.2, 0.25) is 0 Å². The monoisotopic (exact) mass is 438 g/mol. The molecule has 1 aromatic carbocycles. The molecule has 0 aromatic heterocycles. The smallest absolute Gasteiger partial charge is 0.119 e. The molecule has 2 heteroatoms. The lowest BCUT2D eigenvalue weighted by molar-refractivity contribution is 0.304. The molecule has 1 rings (SSSR count). The van der Waals surface area contributed by atoms with E-state index in [9.17, 15) is 0 Å². The van der Waals surface area contributed by atoms with Crippen LogP contribution >= 0.6 is 15.9 Å². The molecule has 0 saturated heterocycles. The third-order valence-electron chi connectivity index (χ3n) is 5.34. The second kappa shape index (κ2) is 18.8. The van der Waals surface area contributed by atoms with Gasteiger partial charge in [-0.05, 0) is 24.1 Å². The van der Waals surface area contributed by atoms with Crippen molar-refractivity contribution >= 4 is 15.9 Å². The average molecular weight is 440 g/mol. The van der Waals surface area contributed by atoms with E-state index in [1.165, 1.54) is 108 Å². The Labute approximate surface area is 177 Å². The number of hydrogen-bond acceptors (Lipinski definition) is 1. The first-order chi connectivity index (χ1) is 13.4. The summed E-state index contributed by atoms with van der Waals surface area (Å²) in [6, 6.07) is 8.39. The summed E-state index contributed by atoms with van der Waals surface area (Å²) in [4.78, 5) is 0. The van der Waals surface area contributed by atoms with Gasteiger partial charge in [-0.1, -0.05) is 131 Å². The van der Waals surface area contributed by atoms with Crippen molar-refractivity contribution in [3.63, 3.8) is 0 Å². The van der Waals surface area contributed by atoms with Crippen molar-refractivity contribution in [3.05, 3.63) is 29.8 Å². The fourth-order valence-corrected chi connectivity index (χ4v) is 3.89. The van der Waals surface area contributed by atoms with E-state index in [2.05, 4.69) is 47.1 Å². The van der Waals surface area contributed by atoms with Gasteiger partial charge in [-0.3, -0.25) is 0 Å². The zero-order valence-corrected chi connectivity index (χ0v) is 19.4. The molecule has 0 amide bonds. The highest BCUT2D eigenvalue weighted by molar-refractivity contribution is 9.08. The topological polar surface area (TPSA) is 9.23 Å². The van der Waals surface area contributed by atoms with E-state index in [-0.39, 0.29) is 0 Å². The summed E-state index contributed by atoms with van der Waals surface area (Å²) in [5, 5.41) is 0.909. The highest BCUT2D eigenvalue weighted by atomic mass is 79.9. The van der Waals surface area contributed by atoms with E-state index in [0.29, 0.717) is 0 Å². The number of rotatable bonds is 19. The van der Waals surface area contributed by atoms with Crippen LogP contribution in [-0.2, 0) is 5.33 Å². The van der Waals surface area contributed by atoms with E-state index < -0.39 is 0 Å². The predicted octanol–water partition coefficient (Wildman–Crippen LogP) is 9.22. The molecular weight excluding hydrogens is 396 g/mol.